The fourth-order valence-corrected chi connectivity index (χ4v) is 4.85. The molecule has 2 fully saturated rings. The summed E-state index contributed by atoms with van der Waals surface area (Å²) in [6.07, 6.45) is 2.64. The lowest BCUT2D eigenvalue weighted by Crippen LogP contribution is -2.47. The minimum absolute atomic E-state index is 0.0707. The van der Waals surface area contributed by atoms with Gasteiger partial charge < -0.3 is 25.3 Å². The van der Waals surface area contributed by atoms with Crippen LogP contribution in [0.4, 0.5) is 21.5 Å². The largest absolute Gasteiger partial charge is 0.375 e. The zero-order valence-electron chi connectivity index (χ0n) is 19.5. The number of nitrogens with one attached hydrogen (secondary N) is 1. The lowest BCUT2D eigenvalue weighted by molar-refractivity contribution is 0.315. The Bertz CT molecular complexity index is 1060. The molecule has 0 radical (unpaired) electrons. The van der Waals surface area contributed by atoms with Crippen LogP contribution < -0.4 is 25.9 Å². The van der Waals surface area contributed by atoms with Crippen molar-refractivity contribution in [1.29, 1.82) is 0 Å². The van der Waals surface area contributed by atoms with Gasteiger partial charge in [0.25, 0.3) is 0 Å². The molecular weight excluding hydrogens is 473 g/mol. The van der Waals surface area contributed by atoms with E-state index in [2.05, 4.69) is 50.3 Å². The van der Waals surface area contributed by atoms with Gasteiger partial charge in [-0.05, 0) is 63.1 Å². The van der Waals surface area contributed by atoms with E-state index in [0.29, 0.717) is 17.3 Å². The molecule has 2 heterocycles. The molecule has 2 saturated heterocycles. The fraction of sp³-hybridized carbons (Fsp3) is 0.417. The third-order valence-corrected chi connectivity index (χ3v) is 6.83. The van der Waals surface area contributed by atoms with Crippen molar-refractivity contribution in [3.63, 3.8) is 0 Å². The molecule has 4 rings (SSSR count). The van der Waals surface area contributed by atoms with E-state index >= 15 is 4.39 Å². The molecule has 2 aliphatic rings. The van der Waals surface area contributed by atoms with Gasteiger partial charge in [-0.2, -0.15) is 5.10 Å². The molecule has 182 valence electrons. The molecule has 0 spiro atoms. The van der Waals surface area contributed by atoms with E-state index in [0.717, 1.165) is 62.1 Å². The Labute approximate surface area is 210 Å². The monoisotopic (exact) mass is 503 g/mol. The maximum Gasteiger partial charge on any atom is 0.184 e. The van der Waals surface area contributed by atoms with Crippen molar-refractivity contribution in [3.8, 4) is 0 Å². The van der Waals surface area contributed by atoms with Crippen LogP contribution in [0.5, 0.6) is 0 Å². The second-order valence-electron chi connectivity index (χ2n) is 8.90. The molecule has 7 nitrogen and oxygen atoms in total. The SMILES string of the molecule is CN(C)C1CCN(c2cc(N3CCN(c4cccc(Cl)c4)CC3)c(F)cc2C=NNC(N)=S)C1. The Morgan fingerprint density at radius 1 is 1.12 bits per heavy atom. The van der Waals surface area contributed by atoms with E-state index in [9.17, 15) is 0 Å². The van der Waals surface area contributed by atoms with Crippen LogP contribution >= 0.6 is 23.8 Å². The standard InChI is InChI=1S/C24H31ClFN7S/c1-30(2)20-6-7-33(16-20)22-14-23(21(26)12-17(22)15-28-29-24(27)34)32-10-8-31(9-11-32)19-5-3-4-18(25)13-19/h3-5,12-15,20H,6-11,16H2,1-2H3,(H3,27,29,34). The van der Waals surface area contributed by atoms with Gasteiger partial charge in [0.1, 0.15) is 5.82 Å². The van der Waals surface area contributed by atoms with E-state index in [1.165, 1.54) is 0 Å². The number of rotatable bonds is 6. The number of hydrogen-bond donors (Lipinski definition) is 2. The molecule has 0 saturated carbocycles. The molecule has 0 bridgehead atoms. The lowest BCUT2D eigenvalue weighted by Gasteiger charge is -2.38. The van der Waals surface area contributed by atoms with Crippen molar-refractivity contribution in [2.45, 2.75) is 12.5 Å². The Morgan fingerprint density at radius 3 is 2.50 bits per heavy atom. The normalized spacial score (nSPS) is 18.9. The van der Waals surface area contributed by atoms with Crippen LogP contribution in [0.15, 0.2) is 41.5 Å². The highest BCUT2D eigenvalue weighted by molar-refractivity contribution is 7.80. The van der Waals surface area contributed by atoms with Gasteiger partial charge in [0.05, 0.1) is 11.9 Å². The van der Waals surface area contributed by atoms with Gasteiger partial charge in [-0.15, -0.1) is 0 Å². The Hall–Kier alpha value is -2.62. The van der Waals surface area contributed by atoms with Crippen molar-refractivity contribution in [3.05, 3.63) is 52.8 Å². The van der Waals surface area contributed by atoms with Crippen LogP contribution in [-0.2, 0) is 0 Å². The molecule has 2 aliphatic heterocycles. The van der Waals surface area contributed by atoms with Gasteiger partial charge in [-0.25, -0.2) is 4.39 Å². The van der Waals surface area contributed by atoms with Crippen LogP contribution in [0.3, 0.4) is 0 Å². The second kappa shape index (κ2) is 10.8. The van der Waals surface area contributed by atoms with Gasteiger partial charge in [-0.3, -0.25) is 5.43 Å². The third-order valence-electron chi connectivity index (χ3n) is 6.50. The van der Waals surface area contributed by atoms with Gasteiger partial charge in [0.15, 0.2) is 5.11 Å². The summed E-state index contributed by atoms with van der Waals surface area (Å²) < 4.78 is 15.3. The number of likely N-dealkylation sites (N-methyl/N-ethyl adjacent to an activating group) is 1. The minimum Gasteiger partial charge on any atom is -0.375 e. The van der Waals surface area contributed by atoms with Crippen molar-refractivity contribution in [2.75, 3.05) is 68.1 Å². The highest BCUT2D eigenvalue weighted by Gasteiger charge is 2.28. The van der Waals surface area contributed by atoms with E-state index in [4.69, 9.17) is 29.6 Å². The second-order valence-corrected chi connectivity index (χ2v) is 9.78. The first-order valence-corrected chi connectivity index (χ1v) is 12.2. The first kappa shape index (κ1) is 24.5. The number of hydrazone groups is 1. The van der Waals surface area contributed by atoms with Crippen LogP contribution in [0.1, 0.15) is 12.0 Å². The van der Waals surface area contributed by atoms with Crippen LogP contribution in [0, 0.1) is 5.82 Å². The summed E-state index contributed by atoms with van der Waals surface area (Å²) in [6, 6.07) is 11.8. The molecule has 34 heavy (non-hydrogen) atoms. The first-order chi connectivity index (χ1) is 16.3. The van der Waals surface area contributed by atoms with Gasteiger partial charge >= 0.3 is 0 Å². The van der Waals surface area contributed by atoms with Crippen LogP contribution in [0.25, 0.3) is 0 Å². The minimum atomic E-state index is -0.264. The molecule has 0 amide bonds. The number of benzene rings is 2. The predicted molar refractivity (Wildman–Crippen MR) is 144 cm³/mol. The van der Waals surface area contributed by atoms with Crippen molar-refractivity contribution in [1.82, 2.24) is 10.3 Å². The van der Waals surface area contributed by atoms with Crippen molar-refractivity contribution in [2.24, 2.45) is 10.8 Å². The highest BCUT2D eigenvalue weighted by atomic mass is 35.5. The quantitative estimate of drug-likeness (QED) is 0.357. The van der Waals surface area contributed by atoms with E-state index in [1.54, 1.807) is 12.3 Å². The van der Waals surface area contributed by atoms with Gasteiger partial charge in [0, 0.05) is 67.3 Å². The molecule has 0 aliphatic carbocycles. The van der Waals surface area contributed by atoms with E-state index in [1.807, 2.05) is 24.3 Å². The maximum absolute atomic E-state index is 15.3. The van der Waals surface area contributed by atoms with E-state index < -0.39 is 0 Å². The summed E-state index contributed by atoms with van der Waals surface area (Å²) in [5.74, 6) is -0.264. The molecule has 10 heteroatoms. The molecule has 3 N–H and O–H groups in total. The number of piperazine rings is 1. The predicted octanol–water partition coefficient (Wildman–Crippen LogP) is 3.11. The first-order valence-electron chi connectivity index (χ1n) is 11.4. The summed E-state index contributed by atoms with van der Waals surface area (Å²) in [4.78, 5) is 8.94. The topological polar surface area (TPSA) is 63.4 Å². The number of halogens is 2. The summed E-state index contributed by atoms with van der Waals surface area (Å²) in [5, 5.41) is 4.88. The lowest BCUT2D eigenvalue weighted by atomic mass is 10.1. The van der Waals surface area contributed by atoms with Gasteiger partial charge in [-0.1, -0.05) is 17.7 Å². The summed E-state index contributed by atoms with van der Waals surface area (Å²) >= 11 is 11.0. The van der Waals surface area contributed by atoms with Crippen LogP contribution in [0.2, 0.25) is 5.02 Å². The summed E-state index contributed by atoms with van der Waals surface area (Å²) in [5.41, 5.74) is 11.4. The third kappa shape index (κ3) is 5.71. The molecule has 0 aromatic heterocycles. The number of nitrogens with two attached hydrogens (primary N) is 1. The fourth-order valence-electron chi connectivity index (χ4n) is 4.61. The molecule has 2 aromatic rings. The Morgan fingerprint density at radius 2 is 1.85 bits per heavy atom. The molecule has 1 atom stereocenters. The summed E-state index contributed by atoms with van der Waals surface area (Å²) in [6.45, 7) is 4.81. The van der Waals surface area contributed by atoms with Crippen molar-refractivity contribution < 1.29 is 4.39 Å². The number of anilines is 3. The number of thiocarbonyl (C=S) groups is 1. The Kier molecular flexibility index (Phi) is 7.75. The van der Waals surface area contributed by atoms with E-state index in [-0.39, 0.29) is 10.9 Å². The Balaban J connectivity index is 1.57. The zero-order chi connectivity index (χ0) is 24.2. The highest BCUT2D eigenvalue weighted by Crippen LogP contribution is 2.33. The molecular formula is C24H31ClFN7S. The zero-order valence-corrected chi connectivity index (χ0v) is 21.1. The molecule has 2 aromatic carbocycles. The van der Waals surface area contributed by atoms with Gasteiger partial charge in [0.2, 0.25) is 0 Å². The average molecular weight is 504 g/mol. The summed E-state index contributed by atoms with van der Waals surface area (Å²) in [7, 11) is 4.19. The van der Waals surface area contributed by atoms with Crippen LogP contribution in [-0.4, -0.2) is 75.6 Å². The average Bonchev–Trinajstić information content (AvgIpc) is 3.30. The smallest absolute Gasteiger partial charge is 0.184 e. The molecule has 1 unspecified atom stereocenters. The number of hydrogen-bond acceptors (Lipinski definition) is 6. The van der Waals surface area contributed by atoms with Crippen molar-refractivity contribution >= 4 is 52.2 Å². The maximum atomic E-state index is 15.3. The number of nitrogens with zero attached hydrogens (tertiary/aromatic N) is 5.